The standard InChI is InChI=1S/C12H13NO.C4H3NO3/c1-9(8-13)10(2)11-4-6-12(14-3)7-5-11;6-4(7)3-1-2-8-5-3/h4-7,10H,1H2,2-3H3;1-2H,(H,6,7). The van der Waals surface area contributed by atoms with E-state index < -0.39 is 5.97 Å². The van der Waals surface area contributed by atoms with Crippen molar-refractivity contribution in [2.75, 3.05) is 7.11 Å². The highest BCUT2D eigenvalue weighted by atomic mass is 16.5. The van der Waals surface area contributed by atoms with E-state index in [9.17, 15) is 4.79 Å². The fourth-order valence-corrected chi connectivity index (χ4v) is 1.51. The van der Waals surface area contributed by atoms with Gasteiger partial charge in [0, 0.05) is 17.6 Å². The van der Waals surface area contributed by atoms with Gasteiger partial charge in [0.05, 0.1) is 13.2 Å². The topological polar surface area (TPSA) is 96.3 Å². The number of carboxylic acid groups (broad SMARTS) is 1. The maximum atomic E-state index is 9.94. The predicted octanol–water partition coefficient (Wildman–Crippen LogP) is 3.25. The lowest BCUT2D eigenvalue weighted by molar-refractivity contribution is 0.0685. The Kier molecular flexibility index (Phi) is 6.38. The lowest BCUT2D eigenvalue weighted by Gasteiger charge is -2.09. The van der Waals surface area contributed by atoms with Crippen molar-refractivity contribution >= 4 is 5.97 Å². The third kappa shape index (κ3) is 4.80. The van der Waals surface area contributed by atoms with E-state index in [0.717, 1.165) is 11.3 Å². The molecule has 0 aliphatic heterocycles. The highest BCUT2D eigenvalue weighted by molar-refractivity contribution is 5.84. The number of benzene rings is 1. The summed E-state index contributed by atoms with van der Waals surface area (Å²) in [6.45, 7) is 5.67. The van der Waals surface area contributed by atoms with E-state index in [1.54, 1.807) is 7.11 Å². The van der Waals surface area contributed by atoms with Gasteiger partial charge in [-0.05, 0) is 17.7 Å². The molecule has 0 fully saturated rings. The Morgan fingerprint density at radius 1 is 1.41 bits per heavy atom. The lowest BCUT2D eigenvalue weighted by Crippen LogP contribution is -1.95. The van der Waals surface area contributed by atoms with Crippen LogP contribution in [0.15, 0.2) is 53.3 Å². The largest absolute Gasteiger partial charge is 0.497 e. The number of carbonyl (C=O) groups is 1. The number of nitriles is 1. The number of methoxy groups -OCH3 is 1. The van der Waals surface area contributed by atoms with Gasteiger partial charge in [-0.2, -0.15) is 5.26 Å². The van der Waals surface area contributed by atoms with Gasteiger partial charge < -0.3 is 14.4 Å². The summed E-state index contributed by atoms with van der Waals surface area (Å²) in [5.74, 6) is -0.173. The number of aromatic nitrogens is 1. The molecular formula is C16H16N2O4. The Morgan fingerprint density at radius 3 is 2.41 bits per heavy atom. The minimum absolute atomic E-state index is 0.0648. The van der Waals surface area contributed by atoms with Gasteiger partial charge in [-0.3, -0.25) is 0 Å². The summed E-state index contributed by atoms with van der Waals surface area (Å²) < 4.78 is 9.29. The molecular weight excluding hydrogens is 284 g/mol. The van der Waals surface area contributed by atoms with Crippen LogP contribution in [0.5, 0.6) is 5.75 Å². The molecule has 2 rings (SSSR count). The molecule has 0 bridgehead atoms. The molecule has 2 aromatic rings. The van der Waals surface area contributed by atoms with Gasteiger partial charge in [-0.1, -0.05) is 30.8 Å². The third-order valence-corrected chi connectivity index (χ3v) is 2.94. The number of carboxylic acids is 1. The molecule has 1 aromatic carbocycles. The SMILES string of the molecule is C=C(C#N)C(C)c1ccc(OC)cc1.O=C(O)c1ccon1. The monoisotopic (exact) mass is 300 g/mol. The van der Waals surface area contributed by atoms with Gasteiger partial charge in [0.2, 0.25) is 0 Å². The normalized spacial score (nSPS) is 10.6. The third-order valence-electron chi connectivity index (χ3n) is 2.94. The maximum Gasteiger partial charge on any atom is 0.358 e. The van der Waals surface area contributed by atoms with Crippen LogP contribution >= 0.6 is 0 Å². The van der Waals surface area contributed by atoms with Crippen LogP contribution in [-0.4, -0.2) is 23.3 Å². The van der Waals surface area contributed by atoms with E-state index in [2.05, 4.69) is 22.3 Å². The van der Waals surface area contributed by atoms with Crippen molar-refractivity contribution in [2.24, 2.45) is 0 Å². The molecule has 1 N–H and O–H groups in total. The van der Waals surface area contributed by atoms with Gasteiger partial charge in [-0.25, -0.2) is 4.79 Å². The molecule has 1 unspecified atom stereocenters. The molecule has 0 saturated heterocycles. The number of aromatic carboxylic acids is 1. The first-order valence-electron chi connectivity index (χ1n) is 6.36. The van der Waals surface area contributed by atoms with Crippen molar-refractivity contribution < 1.29 is 19.2 Å². The molecule has 0 aliphatic rings. The average molecular weight is 300 g/mol. The molecule has 0 aliphatic carbocycles. The Bertz CT molecular complexity index is 654. The molecule has 0 radical (unpaired) electrons. The van der Waals surface area contributed by atoms with Crippen LogP contribution in [0, 0.1) is 11.3 Å². The Morgan fingerprint density at radius 2 is 2.05 bits per heavy atom. The van der Waals surface area contributed by atoms with Crippen LogP contribution in [0.2, 0.25) is 0 Å². The van der Waals surface area contributed by atoms with E-state index in [4.69, 9.17) is 15.1 Å². The fourth-order valence-electron chi connectivity index (χ4n) is 1.51. The zero-order chi connectivity index (χ0) is 16.5. The molecule has 22 heavy (non-hydrogen) atoms. The second-order valence-electron chi connectivity index (χ2n) is 4.32. The summed E-state index contributed by atoms with van der Waals surface area (Å²) in [6.07, 6.45) is 1.21. The first-order valence-corrected chi connectivity index (χ1v) is 6.36. The van der Waals surface area contributed by atoms with Gasteiger partial charge in [0.15, 0.2) is 5.69 Å². The quantitative estimate of drug-likeness (QED) is 0.870. The minimum atomic E-state index is -1.07. The van der Waals surface area contributed by atoms with Crippen molar-refractivity contribution in [3.05, 3.63) is 60.0 Å². The molecule has 6 heteroatoms. The molecule has 1 heterocycles. The average Bonchev–Trinajstić information content (AvgIpc) is 3.09. The van der Waals surface area contributed by atoms with Gasteiger partial charge in [-0.15, -0.1) is 0 Å². The minimum Gasteiger partial charge on any atom is -0.497 e. The Balaban J connectivity index is 0.000000255. The number of allylic oxidation sites excluding steroid dienone is 1. The molecule has 1 atom stereocenters. The summed E-state index contributed by atoms with van der Waals surface area (Å²) >= 11 is 0. The van der Waals surface area contributed by atoms with E-state index in [1.807, 2.05) is 31.2 Å². The smallest absolute Gasteiger partial charge is 0.358 e. The summed E-state index contributed by atoms with van der Waals surface area (Å²) in [6, 6.07) is 11.0. The first kappa shape index (κ1) is 17.0. The molecule has 0 spiro atoms. The molecule has 0 saturated carbocycles. The van der Waals surface area contributed by atoms with Gasteiger partial charge in [0.25, 0.3) is 0 Å². The number of rotatable bonds is 4. The van der Waals surface area contributed by atoms with Crippen molar-refractivity contribution in [1.82, 2.24) is 5.16 Å². The number of hydrogen-bond donors (Lipinski definition) is 1. The van der Waals surface area contributed by atoms with Crippen LogP contribution in [0.25, 0.3) is 0 Å². The zero-order valence-electron chi connectivity index (χ0n) is 12.3. The Hall–Kier alpha value is -3.07. The summed E-state index contributed by atoms with van der Waals surface area (Å²) in [4.78, 5) is 9.94. The molecule has 0 amide bonds. The summed E-state index contributed by atoms with van der Waals surface area (Å²) in [7, 11) is 1.63. The Labute approximate surface area is 128 Å². The van der Waals surface area contributed by atoms with Crippen molar-refractivity contribution in [1.29, 1.82) is 5.26 Å². The molecule has 1 aromatic heterocycles. The first-order chi connectivity index (χ1) is 10.5. The number of hydrogen-bond acceptors (Lipinski definition) is 5. The van der Waals surface area contributed by atoms with Crippen LogP contribution in [-0.2, 0) is 0 Å². The molecule has 6 nitrogen and oxygen atoms in total. The fraction of sp³-hybridized carbons (Fsp3) is 0.188. The second-order valence-corrected chi connectivity index (χ2v) is 4.32. The van der Waals surface area contributed by atoms with E-state index in [-0.39, 0.29) is 11.6 Å². The lowest BCUT2D eigenvalue weighted by atomic mass is 9.95. The van der Waals surface area contributed by atoms with Crippen molar-refractivity contribution in [2.45, 2.75) is 12.8 Å². The van der Waals surface area contributed by atoms with Crippen molar-refractivity contribution in [3.8, 4) is 11.8 Å². The predicted molar refractivity (Wildman–Crippen MR) is 79.6 cm³/mol. The van der Waals surface area contributed by atoms with Gasteiger partial charge >= 0.3 is 5.97 Å². The molecule has 114 valence electrons. The van der Waals surface area contributed by atoms with Crippen LogP contribution in [0.1, 0.15) is 28.9 Å². The second kappa shape index (κ2) is 8.27. The highest BCUT2D eigenvalue weighted by Gasteiger charge is 2.08. The van der Waals surface area contributed by atoms with E-state index in [1.165, 1.54) is 12.3 Å². The van der Waals surface area contributed by atoms with Crippen molar-refractivity contribution in [3.63, 3.8) is 0 Å². The maximum absolute atomic E-state index is 9.94. The zero-order valence-corrected chi connectivity index (χ0v) is 12.3. The van der Waals surface area contributed by atoms with Crippen LogP contribution in [0.3, 0.4) is 0 Å². The highest BCUT2D eigenvalue weighted by Crippen LogP contribution is 2.23. The number of nitrogens with zero attached hydrogens (tertiary/aromatic N) is 2. The van der Waals surface area contributed by atoms with Crippen LogP contribution < -0.4 is 4.74 Å². The van der Waals surface area contributed by atoms with E-state index in [0.29, 0.717) is 5.57 Å². The summed E-state index contributed by atoms with van der Waals surface area (Å²) in [5, 5.41) is 20.0. The number of ether oxygens (including phenoxy) is 1. The van der Waals surface area contributed by atoms with Crippen LogP contribution in [0.4, 0.5) is 0 Å². The summed E-state index contributed by atoms with van der Waals surface area (Å²) in [5.41, 5.74) is 1.59. The van der Waals surface area contributed by atoms with Gasteiger partial charge in [0.1, 0.15) is 12.0 Å². The van der Waals surface area contributed by atoms with E-state index >= 15 is 0 Å².